The van der Waals surface area contributed by atoms with Gasteiger partial charge in [-0.3, -0.25) is 0 Å². The van der Waals surface area contributed by atoms with Gasteiger partial charge in [-0.15, -0.1) is 0 Å². The van der Waals surface area contributed by atoms with Crippen molar-refractivity contribution in [3.8, 4) is 0 Å². The minimum Gasteiger partial charge on any atom is -0.394 e. The fourth-order valence-corrected chi connectivity index (χ4v) is 2.16. The van der Waals surface area contributed by atoms with E-state index in [0.29, 0.717) is 0 Å². The molecule has 0 aliphatic carbocycles. The van der Waals surface area contributed by atoms with Crippen molar-refractivity contribution in [1.82, 2.24) is 0 Å². The highest BCUT2D eigenvalue weighted by atomic mass is 16.7. The summed E-state index contributed by atoms with van der Waals surface area (Å²) in [5.41, 5.74) is 0. The molecule has 0 bridgehead atoms. The Morgan fingerprint density at radius 1 is 1.11 bits per heavy atom. The van der Waals surface area contributed by atoms with Crippen molar-refractivity contribution in [3.63, 3.8) is 0 Å². The predicted octanol–water partition coefficient (Wildman–Crippen LogP) is -0.228. The summed E-state index contributed by atoms with van der Waals surface area (Å²) >= 11 is 0. The van der Waals surface area contributed by atoms with Crippen molar-refractivity contribution in [2.75, 3.05) is 6.61 Å². The van der Waals surface area contributed by atoms with E-state index in [2.05, 4.69) is 6.92 Å². The third-order valence-corrected chi connectivity index (χ3v) is 3.43. The molecule has 114 valence electrons. The van der Waals surface area contributed by atoms with Gasteiger partial charge in [0.2, 0.25) is 0 Å². The van der Waals surface area contributed by atoms with Gasteiger partial charge in [0, 0.05) is 0 Å². The minimum absolute atomic E-state index is 0.118. The van der Waals surface area contributed by atoms with E-state index >= 15 is 0 Å². The number of ether oxygens (including phenoxy) is 2. The Bertz CT molecular complexity index is 247. The molecule has 6 atom stereocenters. The maximum Gasteiger partial charge on any atom is 0.186 e. The van der Waals surface area contributed by atoms with Gasteiger partial charge in [0.1, 0.15) is 24.4 Å². The zero-order valence-corrected chi connectivity index (χ0v) is 11.6. The lowest BCUT2D eigenvalue weighted by atomic mass is 9.99. The highest BCUT2D eigenvalue weighted by Crippen LogP contribution is 2.23. The van der Waals surface area contributed by atoms with Crippen LogP contribution in [0.5, 0.6) is 0 Å². The lowest BCUT2D eigenvalue weighted by Crippen LogP contribution is -2.59. The van der Waals surface area contributed by atoms with Crippen LogP contribution in [0.15, 0.2) is 0 Å². The summed E-state index contributed by atoms with van der Waals surface area (Å²) in [5.74, 6) is 0. The predicted molar refractivity (Wildman–Crippen MR) is 68.5 cm³/mol. The largest absolute Gasteiger partial charge is 0.394 e. The molecule has 1 fully saturated rings. The quantitative estimate of drug-likeness (QED) is 0.480. The Kier molecular flexibility index (Phi) is 7.20. The molecule has 0 aromatic heterocycles. The van der Waals surface area contributed by atoms with Crippen LogP contribution < -0.4 is 0 Å². The smallest absolute Gasteiger partial charge is 0.186 e. The van der Waals surface area contributed by atoms with Gasteiger partial charge < -0.3 is 29.9 Å². The van der Waals surface area contributed by atoms with Crippen molar-refractivity contribution in [2.45, 2.75) is 76.3 Å². The van der Waals surface area contributed by atoms with Gasteiger partial charge in [0.15, 0.2) is 6.29 Å². The molecule has 2 unspecified atom stereocenters. The molecule has 1 heterocycles. The zero-order valence-electron chi connectivity index (χ0n) is 11.6. The molecule has 19 heavy (non-hydrogen) atoms. The summed E-state index contributed by atoms with van der Waals surface area (Å²) in [5, 5.41) is 38.1. The summed E-state index contributed by atoms with van der Waals surface area (Å²) in [7, 11) is 0. The van der Waals surface area contributed by atoms with Crippen LogP contribution in [0.3, 0.4) is 0 Å². The van der Waals surface area contributed by atoms with Crippen molar-refractivity contribution in [2.24, 2.45) is 0 Å². The molecule has 6 nitrogen and oxygen atoms in total. The molecule has 0 aromatic carbocycles. The zero-order chi connectivity index (χ0) is 14.4. The van der Waals surface area contributed by atoms with E-state index in [-0.39, 0.29) is 6.10 Å². The van der Waals surface area contributed by atoms with E-state index in [1.54, 1.807) is 0 Å². The lowest BCUT2D eigenvalue weighted by Gasteiger charge is -2.40. The Labute approximate surface area is 114 Å². The molecule has 0 aromatic rings. The van der Waals surface area contributed by atoms with Crippen LogP contribution in [0.2, 0.25) is 0 Å². The first kappa shape index (κ1) is 16.8. The Balaban J connectivity index is 2.47. The van der Waals surface area contributed by atoms with Crippen LogP contribution in [-0.4, -0.2) is 63.8 Å². The van der Waals surface area contributed by atoms with Crippen LogP contribution >= 0.6 is 0 Å². The van der Waals surface area contributed by atoms with Crippen LogP contribution in [0.1, 0.15) is 39.5 Å². The van der Waals surface area contributed by atoms with Gasteiger partial charge in [-0.05, 0) is 13.3 Å². The van der Waals surface area contributed by atoms with E-state index in [4.69, 9.17) is 14.6 Å². The molecule has 1 rings (SSSR count). The average molecular weight is 278 g/mol. The summed E-state index contributed by atoms with van der Waals surface area (Å²) < 4.78 is 10.8. The monoisotopic (exact) mass is 278 g/mol. The van der Waals surface area contributed by atoms with E-state index in [0.717, 1.165) is 25.7 Å². The SMILES string of the molecule is CCCCCC(C)OC1O[C@H](CO)[C@@H](O)[C@H](O)[C@H]1O. The van der Waals surface area contributed by atoms with Gasteiger partial charge >= 0.3 is 0 Å². The highest BCUT2D eigenvalue weighted by Gasteiger charge is 2.44. The molecule has 0 amide bonds. The Morgan fingerprint density at radius 3 is 2.37 bits per heavy atom. The molecule has 1 saturated heterocycles. The second kappa shape index (κ2) is 8.14. The standard InChI is InChI=1S/C13H26O6/c1-3-4-5-6-8(2)18-13-12(17)11(16)10(15)9(7-14)19-13/h8-17H,3-7H2,1-2H3/t8?,9-,10-,11+,12-,13?/m1/s1. The Morgan fingerprint density at radius 2 is 1.79 bits per heavy atom. The van der Waals surface area contributed by atoms with Crippen LogP contribution in [0, 0.1) is 0 Å². The normalized spacial score (nSPS) is 37.3. The van der Waals surface area contributed by atoms with Gasteiger partial charge in [-0.2, -0.15) is 0 Å². The molecule has 6 heteroatoms. The molecule has 4 N–H and O–H groups in total. The van der Waals surface area contributed by atoms with Crippen LogP contribution in [-0.2, 0) is 9.47 Å². The van der Waals surface area contributed by atoms with Gasteiger partial charge in [-0.1, -0.05) is 26.2 Å². The summed E-state index contributed by atoms with van der Waals surface area (Å²) in [6, 6.07) is 0. The van der Waals surface area contributed by atoms with E-state index in [9.17, 15) is 15.3 Å². The van der Waals surface area contributed by atoms with Crippen molar-refractivity contribution in [3.05, 3.63) is 0 Å². The molecular formula is C13H26O6. The van der Waals surface area contributed by atoms with Gasteiger partial charge in [0.25, 0.3) is 0 Å². The minimum atomic E-state index is -1.38. The molecule has 1 aliphatic rings. The average Bonchev–Trinajstić information content (AvgIpc) is 2.39. The third-order valence-electron chi connectivity index (χ3n) is 3.43. The number of aliphatic hydroxyl groups excluding tert-OH is 4. The number of rotatable bonds is 7. The summed E-state index contributed by atoms with van der Waals surface area (Å²) in [4.78, 5) is 0. The second-order valence-electron chi connectivity index (χ2n) is 5.14. The third kappa shape index (κ3) is 4.66. The maximum absolute atomic E-state index is 9.80. The van der Waals surface area contributed by atoms with Crippen molar-refractivity contribution in [1.29, 1.82) is 0 Å². The van der Waals surface area contributed by atoms with E-state index < -0.39 is 37.3 Å². The first-order valence-corrected chi connectivity index (χ1v) is 6.97. The van der Waals surface area contributed by atoms with E-state index in [1.165, 1.54) is 0 Å². The fraction of sp³-hybridized carbons (Fsp3) is 1.00. The van der Waals surface area contributed by atoms with Gasteiger partial charge in [-0.25, -0.2) is 0 Å². The topological polar surface area (TPSA) is 99.4 Å². The van der Waals surface area contributed by atoms with Crippen LogP contribution in [0.25, 0.3) is 0 Å². The number of hydrogen-bond donors (Lipinski definition) is 4. The highest BCUT2D eigenvalue weighted by molar-refractivity contribution is 4.89. The van der Waals surface area contributed by atoms with Crippen molar-refractivity contribution < 1.29 is 29.9 Å². The van der Waals surface area contributed by atoms with E-state index in [1.807, 2.05) is 6.92 Å². The molecule has 0 saturated carbocycles. The molecule has 0 radical (unpaired) electrons. The molecule has 1 aliphatic heterocycles. The second-order valence-corrected chi connectivity index (χ2v) is 5.14. The maximum atomic E-state index is 9.80. The van der Waals surface area contributed by atoms with Crippen LogP contribution in [0.4, 0.5) is 0 Å². The summed E-state index contributed by atoms with van der Waals surface area (Å²) in [6.45, 7) is 3.55. The summed E-state index contributed by atoms with van der Waals surface area (Å²) in [6.07, 6.45) is -1.99. The number of hydrogen-bond acceptors (Lipinski definition) is 6. The first-order valence-electron chi connectivity index (χ1n) is 6.97. The lowest BCUT2D eigenvalue weighted by molar-refractivity contribution is -0.310. The van der Waals surface area contributed by atoms with Crippen molar-refractivity contribution >= 4 is 0 Å². The fourth-order valence-electron chi connectivity index (χ4n) is 2.16. The number of unbranched alkanes of at least 4 members (excludes halogenated alkanes) is 2. The molecule has 0 spiro atoms. The van der Waals surface area contributed by atoms with Gasteiger partial charge in [0.05, 0.1) is 12.7 Å². The Hall–Kier alpha value is -0.240. The number of aliphatic hydroxyl groups is 4. The first-order chi connectivity index (χ1) is 9.01. The molecular weight excluding hydrogens is 252 g/mol.